The summed E-state index contributed by atoms with van der Waals surface area (Å²) in [5.74, 6) is 3.75. The summed E-state index contributed by atoms with van der Waals surface area (Å²) < 4.78 is 0. The zero-order valence-corrected chi connectivity index (χ0v) is 12.3. The maximum absolute atomic E-state index is 3.86. The van der Waals surface area contributed by atoms with E-state index in [9.17, 15) is 0 Å². The van der Waals surface area contributed by atoms with Gasteiger partial charge in [-0.05, 0) is 36.5 Å². The molecule has 0 aromatic rings. The van der Waals surface area contributed by atoms with Crippen molar-refractivity contribution in [1.29, 1.82) is 0 Å². The number of hydrogen-bond acceptors (Lipinski definition) is 0. The van der Waals surface area contributed by atoms with Gasteiger partial charge in [-0.25, -0.2) is 0 Å². The zero-order chi connectivity index (χ0) is 12.7. The minimum atomic E-state index is 0.814. The highest BCUT2D eigenvalue weighted by atomic mass is 14.3. The lowest BCUT2D eigenvalue weighted by molar-refractivity contribution is 0.262. The van der Waals surface area contributed by atoms with Gasteiger partial charge in [-0.2, -0.15) is 0 Å². The highest BCUT2D eigenvalue weighted by Crippen LogP contribution is 2.36. The molecule has 3 atom stereocenters. The first-order valence-corrected chi connectivity index (χ1v) is 7.79. The van der Waals surface area contributed by atoms with Gasteiger partial charge in [-0.1, -0.05) is 65.4 Å². The predicted octanol–water partition coefficient (Wildman–Crippen LogP) is 5.83. The Morgan fingerprint density at radius 2 is 1.76 bits per heavy atom. The lowest BCUT2D eigenvalue weighted by Gasteiger charge is -2.25. The first kappa shape index (κ1) is 14.8. The van der Waals surface area contributed by atoms with Crippen molar-refractivity contribution in [2.24, 2.45) is 23.7 Å². The molecule has 17 heavy (non-hydrogen) atoms. The van der Waals surface area contributed by atoms with Gasteiger partial charge < -0.3 is 0 Å². The third kappa shape index (κ3) is 4.85. The van der Waals surface area contributed by atoms with Gasteiger partial charge in [0.1, 0.15) is 0 Å². The highest BCUT2D eigenvalue weighted by Gasteiger charge is 2.24. The van der Waals surface area contributed by atoms with Crippen LogP contribution < -0.4 is 0 Å². The summed E-state index contributed by atoms with van der Waals surface area (Å²) in [6, 6.07) is 0. The average Bonchev–Trinajstić information content (AvgIpc) is 2.83. The second-order valence-corrected chi connectivity index (χ2v) is 6.27. The zero-order valence-electron chi connectivity index (χ0n) is 12.3. The quantitative estimate of drug-likeness (QED) is 0.465. The summed E-state index contributed by atoms with van der Waals surface area (Å²) in [5, 5.41) is 0. The topological polar surface area (TPSA) is 0 Å². The molecule has 0 radical (unpaired) electrons. The van der Waals surface area contributed by atoms with Crippen LogP contribution in [0.2, 0.25) is 0 Å². The van der Waals surface area contributed by atoms with E-state index in [2.05, 4.69) is 33.4 Å². The van der Waals surface area contributed by atoms with Crippen LogP contribution in [0, 0.1) is 23.7 Å². The molecule has 1 rings (SSSR count). The lowest BCUT2D eigenvalue weighted by Crippen LogP contribution is -2.14. The molecule has 0 spiro atoms. The standard InChI is InChI=1S/C17H32/c1-5-9-14(3)15(4)12-13-16(6-2)17-10-7-8-11-17/h5,14-17H,1,6-13H2,2-4H3. The molecule has 1 fully saturated rings. The summed E-state index contributed by atoms with van der Waals surface area (Å²) >= 11 is 0. The van der Waals surface area contributed by atoms with E-state index in [0.29, 0.717) is 0 Å². The van der Waals surface area contributed by atoms with Crippen LogP contribution in [0.15, 0.2) is 12.7 Å². The molecule has 0 nitrogen and oxygen atoms in total. The molecule has 1 saturated carbocycles. The van der Waals surface area contributed by atoms with Gasteiger partial charge in [0.15, 0.2) is 0 Å². The molecule has 1 aliphatic carbocycles. The van der Waals surface area contributed by atoms with Crippen molar-refractivity contribution in [3.05, 3.63) is 12.7 Å². The van der Waals surface area contributed by atoms with Crippen molar-refractivity contribution in [3.8, 4) is 0 Å². The lowest BCUT2D eigenvalue weighted by atomic mass is 9.80. The van der Waals surface area contributed by atoms with Crippen LogP contribution in [0.5, 0.6) is 0 Å². The van der Waals surface area contributed by atoms with E-state index in [4.69, 9.17) is 0 Å². The molecule has 100 valence electrons. The van der Waals surface area contributed by atoms with Gasteiger partial charge in [-0.15, -0.1) is 6.58 Å². The Morgan fingerprint density at radius 3 is 2.29 bits per heavy atom. The van der Waals surface area contributed by atoms with E-state index in [1.807, 2.05) is 0 Å². The third-order valence-corrected chi connectivity index (χ3v) is 5.09. The van der Waals surface area contributed by atoms with Gasteiger partial charge in [0.2, 0.25) is 0 Å². The van der Waals surface area contributed by atoms with Crippen molar-refractivity contribution in [3.63, 3.8) is 0 Å². The second kappa shape index (κ2) is 7.95. The van der Waals surface area contributed by atoms with Gasteiger partial charge in [-0.3, -0.25) is 0 Å². The number of allylic oxidation sites excluding steroid dienone is 1. The Hall–Kier alpha value is -0.260. The molecule has 0 amide bonds. The summed E-state index contributed by atoms with van der Waals surface area (Å²) in [5.41, 5.74) is 0. The van der Waals surface area contributed by atoms with E-state index in [0.717, 1.165) is 23.7 Å². The Kier molecular flexibility index (Phi) is 6.92. The minimum absolute atomic E-state index is 0.814. The first-order chi connectivity index (χ1) is 8.19. The van der Waals surface area contributed by atoms with E-state index in [-0.39, 0.29) is 0 Å². The fourth-order valence-electron chi connectivity index (χ4n) is 3.46. The summed E-state index contributed by atoms with van der Waals surface area (Å²) in [7, 11) is 0. The van der Waals surface area contributed by atoms with E-state index < -0.39 is 0 Å². The molecule has 0 aromatic heterocycles. The number of rotatable bonds is 8. The molecule has 0 aliphatic heterocycles. The van der Waals surface area contributed by atoms with Crippen molar-refractivity contribution >= 4 is 0 Å². The second-order valence-electron chi connectivity index (χ2n) is 6.27. The van der Waals surface area contributed by atoms with Gasteiger partial charge in [0, 0.05) is 0 Å². The van der Waals surface area contributed by atoms with Crippen LogP contribution in [0.3, 0.4) is 0 Å². The smallest absolute Gasteiger partial charge is 0.0325 e. The van der Waals surface area contributed by atoms with Crippen LogP contribution in [-0.4, -0.2) is 0 Å². The summed E-state index contributed by atoms with van der Waals surface area (Å²) in [6.45, 7) is 11.1. The van der Waals surface area contributed by atoms with Crippen LogP contribution in [0.1, 0.15) is 72.1 Å². The van der Waals surface area contributed by atoms with E-state index >= 15 is 0 Å². The van der Waals surface area contributed by atoms with Crippen molar-refractivity contribution < 1.29 is 0 Å². The molecule has 0 bridgehead atoms. The van der Waals surface area contributed by atoms with Crippen LogP contribution in [0.25, 0.3) is 0 Å². The van der Waals surface area contributed by atoms with Gasteiger partial charge >= 0.3 is 0 Å². The summed E-state index contributed by atoms with van der Waals surface area (Å²) in [4.78, 5) is 0. The Bertz CT molecular complexity index is 200. The van der Waals surface area contributed by atoms with Gasteiger partial charge in [0.05, 0.1) is 0 Å². The maximum Gasteiger partial charge on any atom is -0.0325 e. The minimum Gasteiger partial charge on any atom is -0.103 e. The maximum atomic E-state index is 3.86. The highest BCUT2D eigenvalue weighted by molar-refractivity contribution is 4.78. The van der Waals surface area contributed by atoms with Gasteiger partial charge in [0.25, 0.3) is 0 Å². The summed E-state index contributed by atoms with van der Waals surface area (Å²) in [6.07, 6.45) is 13.5. The van der Waals surface area contributed by atoms with Crippen molar-refractivity contribution in [1.82, 2.24) is 0 Å². The molecule has 0 aromatic carbocycles. The first-order valence-electron chi connectivity index (χ1n) is 7.79. The Balaban J connectivity index is 2.28. The molecule has 3 unspecified atom stereocenters. The largest absolute Gasteiger partial charge is 0.103 e. The molecule has 1 aliphatic rings. The Labute approximate surface area is 109 Å². The monoisotopic (exact) mass is 236 g/mol. The molecule has 0 heteroatoms. The molecular formula is C17H32. The fourth-order valence-corrected chi connectivity index (χ4v) is 3.46. The average molecular weight is 236 g/mol. The predicted molar refractivity (Wildman–Crippen MR) is 78.1 cm³/mol. The third-order valence-electron chi connectivity index (χ3n) is 5.09. The number of hydrogen-bond donors (Lipinski definition) is 0. The Morgan fingerprint density at radius 1 is 1.12 bits per heavy atom. The molecule has 0 saturated heterocycles. The van der Waals surface area contributed by atoms with Crippen molar-refractivity contribution in [2.75, 3.05) is 0 Å². The molecular weight excluding hydrogens is 204 g/mol. The van der Waals surface area contributed by atoms with Crippen LogP contribution >= 0.6 is 0 Å². The van der Waals surface area contributed by atoms with E-state index in [1.165, 1.54) is 51.4 Å². The molecule has 0 N–H and O–H groups in total. The fraction of sp³-hybridized carbons (Fsp3) is 0.882. The molecule has 0 heterocycles. The van der Waals surface area contributed by atoms with Crippen LogP contribution in [0.4, 0.5) is 0 Å². The van der Waals surface area contributed by atoms with E-state index in [1.54, 1.807) is 0 Å². The SMILES string of the molecule is C=CCC(C)C(C)CCC(CC)C1CCCC1. The van der Waals surface area contributed by atoms with Crippen LogP contribution in [-0.2, 0) is 0 Å². The van der Waals surface area contributed by atoms with Crippen molar-refractivity contribution in [2.45, 2.75) is 72.1 Å². The normalized spacial score (nSPS) is 22.3.